The number of aliphatic hydroxyl groups excluding tert-OH is 1. The number of fused-ring (bicyclic) bond motifs is 1. The van der Waals surface area contributed by atoms with Gasteiger partial charge in [0.2, 0.25) is 5.91 Å². The molecule has 0 bridgehead atoms. The summed E-state index contributed by atoms with van der Waals surface area (Å²) in [5, 5.41) is 7.61. The lowest BCUT2D eigenvalue weighted by Gasteiger charge is -2.35. The molecule has 0 spiro atoms. The molecule has 0 saturated carbocycles. The van der Waals surface area contributed by atoms with Crippen molar-refractivity contribution in [2.45, 2.75) is 36.4 Å². The molecule has 0 unspecified atom stereocenters. The standard InChI is InChI=1S/C9H13NO6S/c1-9(2)7(8(13)16-4-11)10-5(12)3-6(10)17(9,14)15/h6-7,11H,3-4H2,1-2H3/t6-,7+/m1/s1. The SMILES string of the molecule is CC1(C)[C@H](C(=O)OCO)N2C(=O)C[C@H]2S1(=O)=O. The topological polar surface area (TPSA) is 101 Å². The van der Waals surface area contributed by atoms with E-state index in [9.17, 15) is 18.0 Å². The fourth-order valence-corrected chi connectivity index (χ4v) is 4.47. The highest BCUT2D eigenvalue weighted by atomic mass is 32.2. The fraction of sp³-hybridized carbons (Fsp3) is 0.778. The van der Waals surface area contributed by atoms with E-state index in [1.54, 1.807) is 0 Å². The molecule has 17 heavy (non-hydrogen) atoms. The minimum absolute atomic E-state index is 0.0886. The zero-order chi connectivity index (χ0) is 13.0. The van der Waals surface area contributed by atoms with Gasteiger partial charge >= 0.3 is 5.97 Å². The minimum Gasteiger partial charge on any atom is -0.437 e. The monoisotopic (exact) mass is 263 g/mol. The van der Waals surface area contributed by atoms with Crippen molar-refractivity contribution >= 4 is 21.7 Å². The van der Waals surface area contributed by atoms with Crippen LogP contribution in [-0.4, -0.2) is 53.3 Å². The predicted octanol–water partition coefficient (Wildman–Crippen LogP) is -1.39. The Bertz CT molecular complexity index is 482. The van der Waals surface area contributed by atoms with E-state index in [0.29, 0.717) is 0 Å². The van der Waals surface area contributed by atoms with Gasteiger partial charge in [-0.25, -0.2) is 13.2 Å². The summed E-state index contributed by atoms with van der Waals surface area (Å²) in [7, 11) is -3.59. The van der Waals surface area contributed by atoms with E-state index < -0.39 is 38.8 Å². The van der Waals surface area contributed by atoms with Crippen LogP contribution in [0.5, 0.6) is 0 Å². The maximum atomic E-state index is 12.1. The number of amides is 1. The molecule has 2 fully saturated rings. The average Bonchev–Trinajstić information content (AvgIpc) is 2.32. The molecule has 0 radical (unpaired) electrons. The number of sulfone groups is 1. The highest BCUT2D eigenvalue weighted by Gasteiger charge is 2.68. The van der Waals surface area contributed by atoms with Crippen LogP contribution in [0.2, 0.25) is 0 Å². The van der Waals surface area contributed by atoms with Crippen LogP contribution in [0.4, 0.5) is 0 Å². The van der Waals surface area contributed by atoms with Crippen molar-refractivity contribution in [1.82, 2.24) is 4.90 Å². The molecule has 0 aromatic carbocycles. The van der Waals surface area contributed by atoms with Gasteiger partial charge in [0.1, 0.15) is 11.4 Å². The highest BCUT2D eigenvalue weighted by Crippen LogP contribution is 2.45. The Kier molecular flexibility index (Phi) is 2.48. The maximum absolute atomic E-state index is 12.1. The van der Waals surface area contributed by atoms with Crippen LogP contribution < -0.4 is 0 Å². The molecule has 8 heteroatoms. The first kappa shape index (κ1) is 12.3. The van der Waals surface area contributed by atoms with Crippen LogP contribution in [0.15, 0.2) is 0 Å². The maximum Gasteiger partial charge on any atom is 0.332 e. The number of β-lactam (4-membered cyclic amide) rings is 1. The van der Waals surface area contributed by atoms with Crippen LogP contribution in [0.3, 0.4) is 0 Å². The van der Waals surface area contributed by atoms with Gasteiger partial charge in [-0.15, -0.1) is 0 Å². The highest BCUT2D eigenvalue weighted by molar-refractivity contribution is 7.93. The summed E-state index contributed by atoms with van der Waals surface area (Å²) in [6.45, 7) is 1.94. The Balaban J connectivity index is 2.44. The number of ether oxygens (including phenoxy) is 1. The number of esters is 1. The van der Waals surface area contributed by atoms with Crippen LogP contribution in [0, 0.1) is 0 Å². The fourth-order valence-electron chi connectivity index (χ4n) is 2.35. The molecule has 0 aromatic heterocycles. The van der Waals surface area contributed by atoms with Crippen molar-refractivity contribution < 1.29 is 27.9 Å². The Morgan fingerprint density at radius 1 is 1.59 bits per heavy atom. The number of nitrogens with zero attached hydrogens (tertiary/aromatic N) is 1. The second-order valence-electron chi connectivity index (χ2n) is 4.60. The smallest absolute Gasteiger partial charge is 0.332 e. The third-order valence-electron chi connectivity index (χ3n) is 3.41. The molecule has 1 N–H and O–H groups in total. The van der Waals surface area contributed by atoms with E-state index >= 15 is 0 Å². The minimum atomic E-state index is -3.59. The molecule has 1 amide bonds. The van der Waals surface area contributed by atoms with Crippen molar-refractivity contribution in [3.63, 3.8) is 0 Å². The lowest BCUT2D eigenvalue weighted by atomic mass is 9.98. The van der Waals surface area contributed by atoms with Gasteiger partial charge in [-0.2, -0.15) is 0 Å². The van der Waals surface area contributed by atoms with Gasteiger partial charge in [0.25, 0.3) is 0 Å². The zero-order valence-corrected chi connectivity index (χ0v) is 10.2. The molecular formula is C9H13NO6S. The van der Waals surface area contributed by atoms with E-state index in [2.05, 4.69) is 4.74 Å². The molecule has 0 aliphatic carbocycles. The molecule has 2 aliphatic heterocycles. The van der Waals surface area contributed by atoms with Gasteiger partial charge in [0.15, 0.2) is 16.6 Å². The normalized spacial score (nSPS) is 32.9. The Morgan fingerprint density at radius 3 is 2.65 bits per heavy atom. The number of hydrogen-bond acceptors (Lipinski definition) is 6. The van der Waals surface area contributed by atoms with Crippen LogP contribution in [0.25, 0.3) is 0 Å². The van der Waals surface area contributed by atoms with E-state index in [1.165, 1.54) is 13.8 Å². The predicted molar refractivity (Wildman–Crippen MR) is 55.2 cm³/mol. The summed E-state index contributed by atoms with van der Waals surface area (Å²) >= 11 is 0. The first-order valence-electron chi connectivity index (χ1n) is 5.07. The molecule has 2 saturated heterocycles. The molecule has 2 atom stereocenters. The molecule has 96 valence electrons. The zero-order valence-electron chi connectivity index (χ0n) is 9.41. The number of hydrogen-bond donors (Lipinski definition) is 1. The van der Waals surface area contributed by atoms with Crippen LogP contribution >= 0.6 is 0 Å². The van der Waals surface area contributed by atoms with Crippen molar-refractivity contribution in [3.8, 4) is 0 Å². The van der Waals surface area contributed by atoms with E-state index in [-0.39, 0.29) is 12.3 Å². The number of carbonyl (C=O) groups is 2. The number of rotatable bonds is 2. The third kappa shape index (κ3) is 1.34. The first-order chi connectivity index (χ1) is 7.75. The Morgan fingerprint density at radius 2 is 2.18 bits per heavy atom. The second-order valence-corrected chi connectivity index (χ2v) is 7.29. The second kappa shape index (κ2) is 3.42. The first-order valence-corrected chi connectivity index (χ1v) is 6.62. The number of carbonyl (C=O) groups excluding carboxylic acids is 2. The van der Waals surface area contributed by atoms with Gasteiger partial charge in [0.05, 0.1) is 11.2 Å². The largest absolute Gasteiger partial charge is 0.437 e. The van der Waals surface area contributed by atoms with Crippen LogP contribution in [-0.2, 0) is 24.2 Å². The lowest BCUT2D eigenvalue weighted by molar-refractivity contribution is -0.167. The summed E-state index contributed by atoms with van der Waals surface area (Å²) < 4.78 is 27.2. The van der Waals surface area contributed by atoms with Crippen molar-refractivity contribution in [2.75, 3.05) is 6.79 Å². The van der Waals surface area contributed by atoms with Crippen molar-refractivity contribution in [1.29, 1.82) is 0 Å². The van der Waals surface area contributed by atoms with E-state index in [4.69, 9.17) is 5.11 Å². The summed E-state index contributed by atoms with van der Waals surface area (Å²) in [4.78, 5) is 24.1. The third-order valence-corrected chi connectivity index (χ3v) is 6.21. The molecule has 0 aromatic rings. The summed E-state index contributed by atoms with van der Waals surface area (Å²) in [6.07, 6.45) is -0.0886. The average molecular weight is 263 g/mol. The number of aliphatic hydroxyl groups is 1. The quantitative estimate of drug-likeness (QED) is 0.374. The summed E-state index contributed by atoms with van der Waals surface area (Å²) in [5.41, 5.74) is 0. The van der Waals surface area contributed by atoms with Gasteiger partial charge in [-0.3, -0.25) is 4.79 Å². The lowest BCUT2D eigenvalue weighted by Crippen LogP contribution is -2.57. The van der Waals surface area contributed by atoms with Gasteiger partial charge in [-0.1, -0.05) is 0 Å². The summed E-state index contributed by atoms with van der Waals surface area (Å²) in [5.74, 6) is -1.28. The van der Waals surface area contributed by atoms with Gasteiger partial charge < -0.3 is 14.7 Å². The molecule has 2 rings (SSSR count). The Hall–Kier alpha value is -1.15. The summed E-state index contributed by atoms with van der Waals surface area (Å²) in [6, 6.07) is -1.18. The molecule has 2 aliphatic rings. The van der Waals surface area contributed by atoms with Gasteiger partial charge in [0, 0.05) is 0 Å². The van der Waals surface area contributed by atoms with Crippen molar-refractivity contribution in [3.05, 3.63) is 0 Å². The molecule has 7 nitrogen and oxygen atoms in total. The Labute approximate surface area is 98.3 Å². The molecular weight excluding hydrogens is 250 g/mol. The van der Waals surface area contributed by atoms with Crippen LogP contribution in [0.1, 0.15) is 20.3 Å². The van der Waals surface area contributed by atoms with Gasteiger partial charge in [-0.05, 0) is 13.8 Å². The van der Waals surface area contributed by atoms with E-state index in [0.717, 1.165) is 4.90 Å². The molecule has 2 heterocycles. The van der Waals surface area contributed by atoms with Crippen molar-refractivity contribution in [2.24, 2.45) is 0 Å². The van der Waals surface area contributed by atoms with E-state index in [1.807, 2.05) is 0 Å².